The van der Waals surface area contributed by atoms with E-state index in [1.54, 1.807) is 28.3 Å². The lowest BCUT2D eigenvalue weighted by Crippen LogP contribution is -2.21. The Kier molecular flexibility index (Phi) is 10.7. The zero-order valence-corrected chi connectivity index (χ0v) is 9.65. The largest absolute Gasteiger partial charge is 0.483 e. The predicted octanol–water partition coefficient (Wildman–Crippen LogP) is -0.309. The summed E-state index contributed by atoms with van der Waals surface area (Å²) >= 11 is 0. The quantitative estimate of drug-likeness (QED) is 0.507. The minimum absolute atomic E-state index is 0.398. The summed E-state index contributed by atoms with van der Waals surface area (Å²) in [6.07, 6.45) is 0. The first-order chi connectivity index (χ1) is 5.99. The molecule has 0 aromatic carbocycles. The summed E-state index contributed by atoms with van der Waals surface area (Å²) in [6.45, 7) is 4.85. The summed E-state index contributed by atoms with van der Waals surface area (Å²) in [7, 11) is 3.05. The molecule has 0 aromatic rings. The number of hydrogen-bond acceptors (Lipinski definition) is 4. The van der Waals surface area contributed by atoms with Gasteiger partial charge in [-0.2, -0.15) is 0 Å². The van der Waals surface area contributed by atoms with E-state index in [-0.39, 0.29) is 0 Å². The van der Waals surface area contributed by atoms with Gasteiger partial charge in [0.2, 0.25) is 5.91 Å². The first-order valence-corrected chi connectivity index (χ1v) is 4.94. The maximum Gasteiger partial charge on any atom is 0.483 e. The van der Waals surface area contributed by atoms with Crippen LogP contribution in [0.15, 0.2) is 12.2 Å². The van der Waals surface area contributed by atoms with Crippen LogP contribution in [0.1, 0.15) is 6.92 Å². The van der Waals surface area contributed by atoms with Gasteiger partial charge in [0.25, 0.3) is 0 Å². The van der Waals surface area contributed by atoms with E-state index < -0.39 is 15.4 Å². The molecule has 0 atom stereocenters. The third kappa shape index (κ3) is 11.3. The second-order valence-electron chi connectivity index (χ2n) is 2.14. The van der Waals surface area contributed by atoms with Gasteiger partial charge >= 0.3 is 9.53 Å². The van der Waals surface area contributed by atoms with Gasteiger partial charge in [0.05, 0.1) is 0 Å². The van der Waals surface area contributed by atoms with Gasteiger partial charge in [0, 0.05) is 26.9 Å². The number of amides is 1. The van der Waals surface area contributed by atoms with Crippen LogP contribution in [-0.4, -0.2) is 36.8 Å². The Bertz CT molecular complexity index is 141. The molecule has 78 valence electrons. The van der Waals surface area contributed by atoms with Crippen molar-refractivity contribution in [1.82, 2.24) is 0 Å². The molecule has 0 aromatic heterocycles. The summed E-state index contributed by atoms with van der Waals surface area (Å²) in [6, 6.07) is 0. The number of primary amides is 1. The molecule has 0 fully saturated rings. The molecule has 13 heavy (non-hydrogen) atoms. The Balaban J connectivity index is 0. The normalized spacial score (nSPS) is 9.00. The topological polar surface area (TPSA) is 70.8 Å². The Morgan fingerprint density at radius 1 is 1.23 bits per heavy atom. The highest BCUT2D eigenvalue weighted by Gasteiger charge is 2.04. The molecule has 0 saturated heterocycles. The van der Waals surface area contributed by atoms with E-state index in [4.69, 9.17) is 19.0 Å². The van der Waals surface area contributed by atoms with Crippen LogP contribution in [0, 0.1) is 0 Å². The summed E-state index contributed by atoms with van der Waals surface area (Å²) in [4.78, 5) is 9.82. The van der Waals surface area contributed by atoms with E-state index in [1.807, 2.05) is 0 Å². The average Bonchev–Trinajstić information content (AvgIpc) is 2.08. The number of nitrogens with two attached hydrogens (primary N) is 1. The van der Waals surface area contributed by atoms with Gasteiger partial charge in [0.15, 0.2) is 0 Å². The molecule has 6 heteroatoms. The number of carbonyl (C=O) groups excluding carboxylic acids is 1. The molecule has 0 unspecified atom stereocenters. The lowest BCUT2D eigenvalue weighted by atomic mass is 10.3. The summed E-state index contributed by atoms with van der Waals surface area (Å²) < 4.78 is 14.2. The van der Waals surface area contributed by atoms with E-state index >= 15 is 0 Å². The SMILES string of the molecule is C=C(C)C(N)=O.CO[SiH](OC)OC. The van der Waals surface area contributed by atoms with Crippen molar-refractivity contribution in [3.63, 3.8) is 0 Å². The third-order valence-corrected chi connectivity index (χ3v) is 2.15. The molecule has 0 aliphatic heterocycles. The van der Waals surface area contributed by atoms with Crippen molar-refractivity contribution < 1.29 is 18.1 Å². The van der Waals surface area contributed by atoms with Crippen molar-refractivity contribution in [2.45, 2.75) is 6.92 Å². The van der Waals surface area contributed by atoms with Crippen molar-refractivity contribution >= 4 is 15.4 Å². The summed E-state index contributed by atoms with van der Waals surface area (Å²) in [5, 5.41) is 0. The Hall–Kier alpha value is -0.693. The highest BCUT2D eigenvalue weighted by Crippen LogP contribution is 1.81. The zero-order chi connectivity index (χ0) is 10.9. The lowest BCUT2D eigenvalue weighted by Gasteiger charge is -2.05. The van der Waals surface area contributed by atoms with Gasteiger partial charge in [-0.25, -0.2) is 0 Å². The van der Waals surface area contributed by atoms with Gasteiger partial charge in [-0.15, -0.1) is 0 Å². The van der Waals surface area contributed by atoms with E-state index in [1.165, 1.54) is 0 Å². The minimum Gasteiger partial charge on any atom is -0.379 e. The predicted molar refractivity (Wildman–Crippen MR) is 52.2 cm³/mol. The molecule has 0 aliphatic carbocycles. The van der Waals surface area contributed by atoms with Crippen molar-refractivity contribution in [2.24, 2.45) is 5.73 Å². The zero-order valence-electron chi connectivity index (χ0n) is 8.49. The van der Waals surface area contributed by atoms with Crippen molar-refractivity contribution in [2.75, 3.05) is 21.3 Å². The van der Waals surface area contributed by atoms with Crippen LogP contribution in [0.4, 0.5) is 0 Å². The molecule has 2 N–H and O–H groups in total. The van der Waals surface area contributed by atoms with Gasteiger partial charge in [0.1, 0.15) is 0 Å². The molecule has 0 rings (SSSR count). The fraction of sp³-hybridized carbons (Fsp3) is 0.571. The van der Waals surface area contributed by atoms with Crippen molar-refractivity contribution in [1.29, 1.82) is 0 Å². The fourth-order valence-corrected chi connectivity index (χ4v) is 0.866. The summed E-state index contributed by atoms with van der Waals surface area (Å²) in [5.74, 6) is -0.435. The Morgan fingerprint density at radius 3 is 1.46 bits per heavy atom. The fourth-order valence-electron chi connectivity index (χ4n) is 0.289. The number of hydrogen-bond donors (Lipinski definition) is 1. The average molecular weight is 207 g/mol. The number of rotatable bonds is 4. The molecular formula is C7H17NO4Si. The molecular weight excluding hydrogens is 190 g/mol. The maximum absolute atomic E-state index is 9.82. The molecule has 5 nitrogen and oxygen atoms in total. The molecule has 0 bridgehead atoms. The highest BCUT2D eigenvalue weighted by molar-refractivity contribution is 6.36. The van der Waals surface area contributed by atoms with Crippen LogP contribution in [0.3, 0.4) is 0 Å². The maximum atomic E-state index is 9.82. The molecule has 0 saturated carbocycles. The van der Waals surface area contributed by atoms with Crippen LogP contribution >= 0.6 is 0 Å². The van der Waals surface area contributed by atoms with E-state index in [9.17, 15) is 4.79 Å². The van der Waals surface area contributed by atoms with Crippen molar-refractivity contribution in [3.8, 4) is 0 Å². The number of carbonyl (C=O) groups is 1. The minimum atomic E-state index is -1.67. The molecule has 0 heterocycles. The van der Waals surface area contributed by atoms with Crippen LogP contribution in [0.2, 0.25) is 0 Å². The van der Waals surface area contributed by atoms with Gasteiger partial charge < -0.3 is 19.0 Å². The summed E-state index contributed by atoms with van der Waals surface area (Å²) in [5.41, 5.74) is 5.09. The smallest absolute Gasteiger partial charge is 0.379 e. The first-order valence-electron chi connectivity index (χ1n) is 3.53. The van der Waals surface area contributed by atoms with E-state index in [0.717, 1.165) is 0 Å². The molecule has 0 aliphatic rings. The first kappa shape index (κ1) is 14.8. The van der Waals surface area contributed by atoms with Gasteiger partial charge in [-0.3, -0.25) is 4.79 Å². The van der Waals surface area contributed by atoms with Crippen LogP contribution in [-0.2, 0) is 18.1 Å². The van der Waals surface area contributed by atoms with Crippen LogP contribution in [0.25, 0.3) is 0 Å². The van der Waals surface area contributed by atoms with Crippen LogP contribution in [0.5, 0.6) is 0 Å². The standard InChI is InChI=1S/C4H7NO.C3H10O3Si/c1-3(2)4(5)6;1-4-7(5-2)6-3/h1H2,2H3,(H2,5,6);7H,1-3H3. The highest BCUT2D eigenvalue weighted by atomic mass is 28.3. The molecule has 0 radical (unpaired) electrons. The molecule has 1 amide bonds. The van der Waals surface area contributed by atoms with E-state index in [0.29, 0.717) is 5.57 Å². The Labute approximate surface area is 80.4 Å². The van der Waals surface area contributed by atoms with Crippen LogP contribution < -0.4 is 5.73 Å². The molecule has 0 spiro atoms. The monoisotopic (exact) mass is 207 g/mol. The second-order valence-corrected chi connectivity index (χ2v) is 4.13. The van der Waals surface area contributed by atoms with Crippen molar-refractivity contribution in [3.05, 3.63) is 12.2 Å². The Morgan fingerprint density at radius 2 is 1.46 bits per heavy atom. The third-order valence-electron chi connectivity index (χ3n) is 0.998. The second kappa shape index (κ2) is 9.40. The van der Waals surface area contributed by atoms with Gasteiger partial charge in [-0.05, 0) is 6.92 Å². The van der Waals surface area contributed by atoms with E-state index in [2.05, 4.69) is 6.58 Å². The lowest BCUT2D eigenvalue weighted by molar-refractivity contribution is -0.114. The van der Waals surface area contributed by atoms with Gasteiger partial charge in [-0.1, -0.05) is 6.58 Å².